The number of esters is 1. The van der Waals surface area contributed by atoms with Crippen LogP contribution in [0.1, 0.15) is 18.5 Å². The Labute approximate surface area is 205 Å². The zero-order chi connectivity index (χ0) is 24.8. The summed E-state index contributed by atoms with van der Waals surface area (Å²) in [6, 6.07) is 14.4. The van der Waals surface area contributed by atoms with Crippen LogP contribution in [0.2, 0.25) is 0 Å². The Bertz CT molecular complexity index is 1080. The zero-order valence-electron chi connectivity index (χ0n) is 20.4. The van der Waals surface area contributed by atoms with Gasteiger partial charge in [-0.15, -0.1) is 0 Å². The Kier molecular flexibility index (Phi) is 7.77. The summed E-state index contributed by atoms with van der Waals surface area (Å²) in [5, 5.41) is 5.72. The van der Waals surface area contributed by atoms with Crippen molar-refractivity contribution in [2.24, 2.45) is 0 Å². The Morgan fingerprint density at radius 2 is 1.77 bits per heavy atom. The Balaban J connectivity index is 1.52. The maximum absolute atomic E-state index is 12.8. The highest BCUT2D eigenvalue weighted by Gasteiger charge is 2.34. The normalized spacial score (nSPS) is 18.5. The fraction of sp³-hybridized carbons (Fsp3) is 0.385. The molecule has 1 saturated heterocycles. The van der Waals surface area contributed by atoms with E-state index in [-0.39, 0.29) is 6.03 Å². The first-order valence-corrected chi connectivity index (χ1v) is 11.7. The third-order valence-corrected chi connectivity index (χ3v) is 6.26. The second-order valence-electron chi connectivity index (χ2n) is 8.38. The topological polar surface area (TPSA) is 92.4 Å². The van der Waals surface area contributed by atoms with E-state index in [0.29, 0.717) is 24.4 Å². The maximum Gasteiger partial charge on any atom is 0.338 e. The van der Waals surface area contributed by atoms with Crippen molar-refractivity contribution in [3.05, 3.63) is 65.4 Å². The van der Waals surface area contributed by atoms with Gasteiger partial charge in [-0.25, -0.2) is 9.59 Å². The van der Waals surface area contributed by atoms with Crippen LogP contribution in [0.15, 0.2) is 59.8 Å². The van der Waals surface area contributed by atoms with Crippen LogP contribution in [-0.4, -0.2) is 70.5 Å². The molecule has 0 bridgehead atoms. The lowest BCUT2D eigenvalue weighted by Gasteiger charge is -2.38. The SMILES string of the molecule is CCOc1ccc([C@H]2NC(=O)NC(CN3CCN(c4cccc(OC)c4)CC3)=C2C(=O)OC)cc1. The molecule has 2 aromatic rings. The van der Waals surface area contributed by atoms with Gasteiger partial charge in [0.15, 0.2) is 0 Å². The van der Waals surface area contributed by atoms with Crippen molar-refractivity contribution in [1.82, 2.24) is 15.5 Å². The lowest BCUT2D eigenvalue weighted by Crippen LogP contribution is -2.51. The monoisotopic (exact) mass is 480 g/mol. The van der Waals surface area contributed by atoms with E-state index in [1.807, 2.05) is 49.4 Å². The van der Waals surface area contributed by atoms with E-state index in [4.69, 9.17) is 14.2 Å². The summed E-state index contributed by atoms with van der Waals surface area (Å²) in [4.78, 5) is 29.9. The van der Waals surface area contributed by atoms with Gasteiger partial charge in [0.25, 0.3) is 0 Å². The minimum Gasteiger partial charge on any atom is -0.497 e. The molecule has 9 heteroatoms. The molecule has 0 radical (unpaired) electrons. The number of anilines is 1. The highest BCUT2D eigenvalue weighted by molar-refractivity contribution is 5.95. The van der Waals surface area contributed by atoms with Gasteiger partial charge in [0, 0.05) is 50.2 Å². The van der Waals surface area contributed by atoms with E-state index < -0.39 is 12.0 Å². The second-order valence-corrected chi connectivity index (χ2v) is 8.38. The largest absolute Gasteiger partial charge is 0.497 e. The van der Waals surface area contributed by atoms with Crippen LogP contribution in [0.25, 0.3) is 0 Å². The number of carbonyl (C=O) groups excluding carboxylic acids is 2. The number of hydrogen-bond acceptors (Lipinski definition) is 7. The van der Waals surface area contributed by atoms with Crippen LogP contribution in [0.5, 0.6) is 11.5 Å². The number of amides is 2. The van der Waals surface area contributed by atoms with Gasteiger partial charge < -0.3 is 29.7 Å². The summed E-state index contributed by atoms with van der Waals surface area (Å²) in [6.45, 7) is 6.13. The van der Waals surface area contributed by atoms with Gasteiger partial charge >= 0.3 is 12.0 Å². The summed E-state index contributed by atoms with van der Waals surface area (Å²) in [5.74, 6) is 1.09. The molecule has 2 aliphatic heterocycles. The Morgan fingerprint density at radius 3 is 2.43 bits per heavy atom. The van der Waals surface area contributed by atoms with Crippen LogP contribution < -0.4 is 25.0 Å². The minimum atomic E-state index is -0.611. The van der Waals surface area contributed by atoms with Crippen LogP contribution in [-0.2, 0) is 9.53 Å². The first kappa shape index (κ1) is 24.4. The molecule has 0 unspecified atom stereocenters. The van der Waals surface area contributed by atoms with Crippen molar-refractivity contribution < 1.29 is 23.8 Å². The first-order chi connectivity index (χ1) is 17.0. The van der Waals surface area contributed by atoms with Crippen molar-refractivity contribution >= 4 is 17.7 Å². The Morgan fingerprint density at radius 1 is 1.03 bits per heavy atom. The first-order valence-electron chi connectivity index (χ1n) is 11.7. The van der Waals surface area contributed by atoms with Crippen LogP contribution in [0, 0.1) is 0 Å². The number of methoxy groups -OCH3 is 2. The van der Waals surface area contributed by atoms with Crippen molar-refractivity contribution in [2.75, 3.05) is 58.5 Å². The molecule has 2 heterocycles. The molecule has 2 aliphatic rings. The molecule has 2 N–H and O–H groups in total. The second kappa shape index (κ2) is 11.1. The molecule has 186 valence electrons. The lowest BCUT2D eigenvalue weighted by atomic mass is 9.95. The number of hydrogen-bond donors (Lipinski definition) is 2. The highest BCUT2D eigenvalue weighted by atomic mass is 16.5. The van der Waals surface area contributed by atoms with Crippen LogP contribution in [0.4, 0.5) is 10.5 Å². The number of nitrogens with one attached hydrogen (secondary N) is 2. The minimum absolute atomic E-state index is 0.346. The summed E-state index contributed by atoms with van der Waals surface area (Å²) in [7, 11) is 3.02. The van der Waals surface area contributed by atoms with Gasteiger partial charge in [-0.05, 0) is 36.8 Å². The summed E-state index contributed by atoms with van der Waals surface area (Å²) >= 11 is 0. The summed E-state index contributed by atoms with van der Waals surface area (Å²) < 4.78 is 16.0. The molecule has 1 fully saturated rings. The van der Waals surface area contributed by atoms with Crippen molar-refractivity contribution in [3.63, 3.8) is 0 Å². The van der Waals surface area contributed by atoms with E-state index in [9.17, 15) is 9.59 Å². The van der Waals surface area contributed by atoms with E-state index in [2.05, 4.69) is 26.5 Å². The van der Waals surface area contributed by atoms with Crippen molar-refractivity contribution in [3.8, 4) is 11.5 Å². The molecular weight excluding hydrogens is 448 g/mol. The molecule has 1 atom stereocenters. The smallest absolute Gasteiger partial charge is 0.338 e. The Hall–Kier alpha value is -3.72. The molecule has 35 heavy (non-hydrogen) atoms. The molecule has 2 amide bonds. The molecule has 0 aromatic heterocycles. The zero-order valence-corrected chi connectivity index (χ0v) is 20.4. The molecule has 9 nitrogen and oxygen atoms in total. The third kappa shape index (κ3) is 5.68. The fourth-order valence-electron chi connectivity index (χ4n) is 4.46. The third-order valence-electron chi connectivity index (χ3n) is 6.26. The summed E-state index contributed by atoms with van der Waals surface area (Å²) in [6.07, 6.45) is 0. The van der Waals surface area contributed by atoms with Gasteiger partial charge in [-0.1, -0.05) is 18.2 Å². The van der Waals surface area contributed by atoms with Crippen molar-refractivity contribution in [1.29, 1.82) is 0 Å². The van der Waals surface area contributed by atoms with Gasteiger partial charge in [0.2, 0.25) is 0 Å². The maximum atomic E-state index is 12.8. The predicted octanol–water partition coefficient (Wildman–Crippen LogP) is 2.70. The number of carbonyl (C=O) groups is 2. The number of nitrogens with zero attached hydrogens (tertiary/aromatic N) is 2. The molecule has 2 aromatic carbocycles. The average molecular weight is 481 g/mol. The number of benzene rings is 2. The van der Waals surface area contributed by atoms with E-state index in [1.54, 1.807) is 7.11 Å². The number of rotatable bonds is 8. The van der Waals surface area contributed by atoms with E-state index in [0.717, 1.165) is 48.9 Å². The quantitative estimate of drug-likeness (QED) is 0.562. The van der Waals surface area contributed by atoms with Crippen LogP contribution in [0.3, 0.4) is 0 Å². The molecule has 0 aliphatic carbocycles. The average Bonchev–Trinajstić information content (AvgIpc) is 2.89. The van der Waals surface area contributed by atoms with Gasteiger partial charge in [-0.3, -0.25) is 4.90 Å². The standard InChI is InChI=1S/C26H32N4O5/c1-4-35-20-10-8-18(9-11-20)24-23(25(31)34-3)22(27-26(32)28-24)17-29-12-14-30(15-13-29)19-6-5-7-21(16-19)33-2/h5-11,16,24H,4,12-15,17H2,1-3H3,(H2,27,28,32)/t24-/m1/s1. The number of piperazine rings is 1. The van der Waals surface area contributed by atoms with Gasteiger partial charge in [0.05, 0.1) is 32.4 Å². The van der Waals surface area contributed by atoms with Gasteiger partial charge in [-0.2, -0.15) is 0 Å². The van der Waals surface area contributed by atoms with Crippen molar-refractivity contribution in [2.45, 2.75) is 13.0 Å². The fourth-order valence-corrected chi connectivity index (χ4v) is 4.46. The molecule has 4 rings (SSSR count). The number of ether oxygens (including phenoxy) is 3. The highest BCUT2D eigenvalue weighted by Crippen LogP contribution is 2.30. The predicted molar refractivity (Wildman–Crippen MR) is 133 cm³/mol. The van der Waals surface area contributed by atoms with E-state index >= 15 is 0 Å². The van der Waals surface area contributed by atoms with Crippen LogP contribution >= 0.6 is 0 Å². The van der Waals surface area contributed by atoms with Gasteiger partial charge in [0.1, 0.15) is 11.5 Å². The molecule has 0 spiro atoms. The summed E-state index contributed by atoms with van der Waals surface area (Å²) in [5.41, 5.74) is 2.87. The number of urea groups is 1. The van der Waals surface area contributed by atoms with E-state index in [1.165, 1.54) is 7.11 Å². The molecular formula is C26H32N4O5. The lowest BCUT2D eigenvalue weighted by molar-refractivity contribution is -0.136. The molecule has 0 saturated carbocycles.